The van der Waals surface area contributed by atoms with Gasteiger partial charge in [0.25, 0.3) is 0 Å². The molecule has 0 radical (unpaired) electrons. The lowest BCUT2D eigenvalue weighted by atomic mass is 10.1. The number of hydrogen-bond acceptors (Lipinski definition) is 3. The van der Waals surface area contributed by atoms with Crippen molar-refractivity contribution in [3.8, 4) is 5.75 Å². The number of methoxy groups -OCH3 is 1. The van der Waals surface area contributed by atoms with E-state index in [2.05, 4.69) is 10.3 Å². The molecular weight excluding hydrogens is 243 g/mol. The lowest BCUT2D eigenvalue weighted by Gasteiger charge is -2.08. The molecule has 0 aliphatic rings. The highest BCUT2D eigenvalue weighted by molar-refractivity contribution is 5.38. The van der Waals surface area contributed by atoms with E-state index in [9.17, 15) is 4.39 Å². The van der Waals surface area contributed by atoms with Gasteiger partial charge in [0.2, 0.25) is 0 Å². The maximum absolute atomic E-state index is 13.0. The predicted octanol–water partition coefficient (Wildman–Crippen LogP) is 3.19. The van der Waals surface area contributed by atoms with E-state index in [0.717, 1.165) is 35.7 Å². The number of pyridine rings is 1. The highest BCUT2D eigenvalue weighted by atomic mass is 19.1. The van der Waals surface area contributed by atoms with Gasteiger partial charge in [-0.25, -0.2) is 9.37 Å². The van der Waals surface area contributed by atoms with E-state index < -0.39 is 0 Å². The van der Waals surface area contributed by atoms with Gasteiger partial charge in [-0.3, -0.25) is 0 Å². The van der Waals surface area contributed by atoms with Crippen LogP contribution in [-0.4, -0.2) is 18.6 Å². The third kappa shape index (κ3) is 3.68. The van der Waals surface area contributed by atoms with Gasteiger partial charge in [-0.2, -0.15) is 0 Å². The van der Waals surface area contributed by atoms with Crippen LogP contribution >= 0.6 is 0 Å². The molecule has 2 rings (SSSR count). The minimum absolute atomic E-state index is 0.189. The van der Waals surface area contributed by atoms with Crippen LogP contribution in [0.3, 0.4) is 0 Å². The Morgan fingerprint density at radius 1 is 1.26 bits per heavy atom. The number of halogens is 1. The molecule has 0 bridgehead atoms. The molecular formula is C15H17FN2O. The summed E-state index contributed by atoms with van der Waals surface area (Å²) in [5, 5.41) is 3.23. The number of aromatic nitrogens is 1. The molecule has 0 aliphatic heterocycles. The fraction of sp³-hybridized carbons (Fsp3) is 0.267. The number of anilines is 1. The van der Waals surface area contributed by atoms with Crippen LogP contribution in [-0.2, 0) is 6.42 Å². The van der Waals surface area contributed by atoms with E-state index in [-0.39, 0.29) is 5.82 Å². The van der Waals surface area contributed by atoms with E-state index >= 15 is 0 Å². The summed E-state index contributed by atoms with van der Waals surface area (Å²) in [6, 6.07) is 8.61. The third-order valence-electron chi connectivity index (χ3n) is 2.98. The third-order valence-corrected chi connectivity index (χ3v) is 2.98. The summed E-state index contributed by atoms with van der Waals surface area (Å²) in [6.07, 6.45) is 2.51. The lowest BCUT2D eigenvalue weighted by Crippen LogP contribution is -2.07. The topological polar surface area (TPSA) is 34.1 Å². The van der Waals surface area contributed by atoms with Crippen molar-refractivity contribution in [2.24, 2.45) is 0 Å². The molecule has 0 fully saturated rings. The van der Waals surface area contributed by atoms with Crippen molar-refractivity contribution in [3.63, 3.8) is 0 Å². The quantitative estimate of drug-likeness (QED) is 0.896. The Morgan fingerprint density at radius 3 is 2.74 bits per heavy atom. The average molecular weight is 260 g/mol. The van der Waals surface area contributed by atoms with Crippen molar-refractivity contribution in [2.45, 2.75) is 13.3 Å². The smallest absolute Gasteiger partial charge is 0.137 e. The first-order valence-electron chi connectivity index (χ1n) is 6.18. The average Bonchev–Trinajstić information content (AvgIpc) is 2.42. The summed E-state index contributed by atoms with van der Waals surface area (Å²) < 4.78 is 18.0. The Labute approximate surface area is 112 Å². The van der Waals surface area contributed by atoms with Gasteiger partial charge < -0.3 is 10.1 Å². The summed E-state index contributed by atoms with van der Waals surface area (Å²) in [4.78, 5) is 4.22. The zero-order valence-electron chi connectivity index (χ0n) is 11.1. The molecule has 0 saturated carbocycles. The Bertz CT molecular complexity index is 540. The number of aryl methyl sites for hydroxylation is 1. The zero-order chi connectivity index (χ0) is 13.7. The first kappa shape index (κ1) is 13.3. The maximum atomic E-state index is 13.0. The van der Waals surface area contributed by atoms with Gasteiger partial charge in [-0.15, -0.1) is 0 Å². The zero-order valence-corrected chi connectivity index (χ0v) is 11.1. The molecule has 2 aromatic rings. The minimum Gasteiger partial charge on any atom is -0.495 e. The fourth-order valence-corrected chi connectivity index (χ4v) is 1.87. The van der Waals surface area contributed by atoms with Crippen molar-refractivity contribution in [3.05, 3.63) is 53.5 Å². The molecule has 0 amide bonds. The van der Waals surface area contributed by atoms with Gasteiger partial charge >= 0.3 is 0 Å². The summed E-state index contributed by atoms with van der Waals surface area (Å²) in [7, 11) is 1.61. The van der Waals surface area contributed by atoms with Crippen molar-refractivity contribution in [1.82, 2.24) is 4.98 Å². The van der Waals surface area contributed by atoms with Crippen molar-refractivity contribution in [1.29, 1.82) is 0 Å². The largest absolute Gasteiger partial charge is 0.495 e. The number of hydrogen-bond donors (Lipinski definition) is 1. The second-order valence-electron chi connectivity index (χ2n) is 4.33. The number of benzene rings is 1. The number of nitrogens with zero attached hydrogens (tertiary/aromatic N) is 1. The van der Waals surface area contributed by atoms with Gasteiger partial charge in [-0.05, 0) is 48.7 Å². The normalized spacial score (nSPS) is 10.3. The molecule has 0 atom stereocenters. The number of ether oxygens (including phenoxy) is 1. The van der Waals surface area contributed by atoms with Crippen LogP contribution in [0.15, 0.2) is 36.5 Å². The maximum Gasteiger partial charge on any atom is 0.137 e. The van der Waals surface area contributed by atoms with Gasteiger partial charge in [0.1, 0.15) is 17.4 Å². The van der Waals surface area contributed by atoms with Crippen LogP contribution in [0, 0.1) is 12.7 Å². The molecule has 0 unspecified atom stereocenters. The predicted molar refractivity (Wildman–Crippen MR) is 74.1 cm³/mol. The van der Waals surface area contributed by atoms with E-state index in [1.54, 1.807) is 19.4 Å². The van der Waals surface area contributed by atoms with E-state index in [4.69, 9.17) is 4.74 Å². The van der Waals surface area contributed by atoms with Crippen LogP contribution in [0.4, 0.5) is 10.2 Å². The molecule has 1 aromatic heterocycles. The Morgan fingerprint density at radius 2 is 2.11 bits per heavy atom. The van der Waals surface area contributed by atoms with Crippen LogP contribution in [0.1, 0.15) is 11.1 Å². The standard InChI is InChI=1S/C15H17FN2O/c1-11-9-13(16)4-3-12(11)7-8-17-15-6-5-14(19-2)10-18-15/h3-6,9-10H,7-8H2,1-2H3,(H,17,18). The molecule has 0 aliphatic carbocycles. The molecule has 19 heavy (non-hydrogen) atoms. The van der Waals surface area contributed by atoms with Gasteiger partial charge in [-0.1, -0.05) is 6.07 Å². The fourth-order valence-electron chi connectivity index (χ4n) is 1.87. The van der Waals surface area contributed by atoms with Crippen molar-refractivity contribution < 1.29 is 9.13 Å². The molecule has 4 heteroatoms. The van der Waals surface area contributed by atoms with Gasteiger partial charge in [0, 0.05) is 6.54 Å². The lowest BCUT2D eigenvalue weighted by molar-refractivity contribution is 0.413. The molecule has 1 heterocycles. The van der Waals surface area contributed by atoms with Crippen LogP contribution < -0.4 is 10.1 Å². The second kappa shape index (κ2) is 6.18. The molecule has 1 N–H and O–H groups in total. The molecule has 0 spiro atoms. The molecule has 3 nitrogen and oxygen atoms in total. The summed E-state index contributed by atoms with van der Waals surface area (Å²) in [6.45, 7) is 2.68. The number of nitrogens with one attached hydrogen (secondary N) is 1. The Balaban J connectivity index is 1.88. The van der Waals surface area contributed by atoms with Crippen LogP contribution in [0.5, 0.6) is 5.75 Å². The monoisotopic (exact) mass is 260 g/mol. The first-order chi connectivity index (χ1) is 9.19. The molecule has 100 valence electrons. The minimum atomic E-state index is -0.189. The van der Waals surface area contributed by atoms with E-state index in [1.165, 1.54) is 6.07 Å². The summed E-state index contributed by atoms with van der Waals surface area (Å²) in [5.41, 5.74) is 2.12. The highest BCUT2D eigenvalue weighted by Gasteiger charge is 2.00. The van der Waals surface area contributed by atoms with E-state index in [0.29, 0.717) is 0 Å². The van der Waals surface area contributed by atoms with E-state index in [1.807, 2.05) is 25.1 Å². The van der Waals surface area contributed by atoms with Crippen molar-refractivity contribution in [2.75, 3.05) is 19.0 Å². The number of rotatable bonds is 5. The van der Waals surface area contributed by atoms with Gasteiger partial charge in [0.05, 0.1) is 13.3 Å². The van der Waals surface area contributed by atoms with Gasteiger partial charge in [0.15, 0.2) is 0 Å². The van der Waals surface area contributed by atoms with Crippen molar-refractivity contribution >= 4 is 5.82 Å². The summed E-state index contributed by atoms with van der Waals surface area (Å²) >= 11 is 0. The van der Waals surface area contributed by atoms with Crippen LogP contribution in [0.25, 0.3) is 0 Å². The molecule has 0 saturated heterocycles. The molecule has 1 aromatic carbocycles. The SMILES string of the molecule is COc1ccc(NCCc2ccc(F)cc2C)nc1. The Kier molecular flexibility index (Phi) is 4.34. The second-order valence-corrected chi connectivity index (χ2v) is 4.33. The Hall–Kier alpha value is -2.10. The highest BCUT2D eigenvalue weighted by Crippen LogP contribution is 2.13. The summed E-state index contributed by atoms with van der Waals surface area (Å²) in [5.74, 6) is 1.35. The first-order valence-corrected chi connectivity index (χ1v) is 6.18. The van der Waals surface area contributed by atoms with Crippen LogP contribution in [0.2, 0.25) is 0 Å².